The lowest BCUT2D eigenvalue weighted by Gasteiger charge is -2.21. The molecule has 19 heavy (non-hydrogen) atoms. The fraction of sp³-hybridized carbons (Fsp3) is 0.364. The molecule has 0 aliphatic heterocycles. The molecular formula is C11H16FN3O2S2. The van der Waals surface area contributed by atoms with E-state index in [1.165, 1.54) is 6.07 Å². The van der Waals surface area contributed by atoms with Crippen molar-refractivity contribution in [3.63, 3.8) is 0 Å². The first-order valence-electron chi connectivity index (χ1n) is 5.41. The third-order valence-electron chi connectivity index (χ3n) is 1.93. The highest BCUT2D eigenvalue weighted by Crippen LogP contribution is 2.18. The molecule has 0 aromatic heterocycles. The molecule has 0 bridgehead atoms. The summed E-state index contributed by atoms with van der Waals surface area (Å²) in [6, 6.07) is 3.47. The van der Waals surface area contributed by atoms with Crippen LogP contribution in [0.4, 0.5) is 10.1 Å². The van der Waals surface area contributed by atoms with Gasteiger partial charge in [-0.15, -0.1) is 0 Å². The molecule has 0 saturated carbocycles. The molecule has 0 atom stereocenters. The maximum absolute atomic E-state index is 13.1. The van der Waals surface area contributed by atoms with Crippen LogP contribution < -0.4 is 15.2 Å². The van der Waals surface area contributed by atoms with E-state index in [1.807, 2.05) is 0 Å². The Morgan fingerprint density at radius 1 is 1.37 bits per heavy atom. The van der Waals surface area contributed by atoms with Gasteiger partial charge in [-0.05, 0) is 39.0 Å². The summed E-state index contributed by atoms with van der Waals surface area (Å²) in [6.45, 7) is 5.10. The number of hydrogen-bond acceptors (Lipinski definition) is 3. The van der Waals surface area contributed by atoms with Crippen molar-refractivity contribution >= 4 is 33.1 Å². The Labute approximate surface area is 117 Å². The van der Waals surface area contributed by atoms with E-state index >= 15 is 0 Å². The molecule has 1 aromatic carbocycles. The van der Waals surface area contributed by atoms with Crippen LogP contribution in [-0.4, -0.2) is 18.9 Å². The van der Waals surface area contributed by atoms with Gasteiger partial charge >= 0.3 is 0 Å². The van der Waals surface area contributed by atoms with Crippen molar-refractivity contribution < 1.29 is 12.8 Å². The van der Waals surface area contributed by atoms with Crippen LogP contribution in [-0.2, 0) is 10.2 Å². The Hall–Kier alpha value is -1.25. The largest absolute Gasteiger partial charge is 0.389 e. The average molecular weight is 305 g/mol. The van der Waals surface area contributed by atoms with E-state index in [0.29, 0.717) is 0 Å². The molecule has 8 heteroatoms. The van der Waals surface area contributed by atoms with Crippen LogP contribution in [0.5, 0.6) is 0 Å². The van der Waals surface area contributed by atoms with Crippen LogP contribution in [0.15, 0.2) is 18.2 Å². The number of rotatable bonds is 4. The maximum atomic E-state index is 13.1. The highest BCUT2D eigenvalue weighted by atomic mass is 32.2. The van der Waals surface area contributed by atoms with Crippen LogP contribution in [0, 0.1) is 5.82 Å². The van der Waals surface area contributed by atoms with Crippen LogP contribution in [0.1, 0.15) is 26.3 Å². The Balaban J connectivity index is 3.10. The zero-order valence-electron chi connectivity index (χ0n) is 10.8. The first-order valence-corrected chi connectivity index (χ1v) is 7.30. The predicted octanol–water partition coefficient (Wildman–Crippen LogP) is 1.50. The first kappa shape index (κ1) is 15.8. The molecule has 0 heterocycles. The van der Waals surface area contributed by atoms with E-state index in [9.17, 15) is 12.8 Å². The van der Waals surface area contributed by atoms with Gasteiger partial charge in [-0.25, -0.2) is 4.39 Å². The monoisotopic (exact) mass is 305 g/mol. The van der Waals surface area contributed by atoms with Gasteiger partial charge in [0.1, 0.15) is 10.8 Å². The number of thiocarbonyl (C=S) groups is 1. The molecule has 0 aliphatic rings. The van der Waals surface area contributed by atoms with Gasteiger partial charge in [0.05, 0.1) is 5.69 Å². The van der Waals surface area contributed by atoms with Crippen LogP contribution in [0.25, 0.3) is 0 Å². The first-order chi connectivity index (χ1) is 8.50. The third kappa shape index (κ3) is 5.09. The zero-order valence-corrected chi connectivity index (χ0v) is 12.5. The van der Waals surface area contributed by atoms with Gasteiger partial charge in [0, 0.05) is 11.1 Å². The van der Waals surface area contributed by atoms with Gasteiger partial charge in [-0.3, -0.25) is 4.72 Å². The predicted molar refractivity (Wildman–Crippen MR) is 77.7 cm³/mol. The van der Waals surface area contributed by atoms with E-state index in [-0.39, 0.29) is 16.2 Å². The summed E-state index contributed by atoms with van der Waals surface area (Å²) in [5, 5.41) is 0. The Morgan fingerprint density at radius 2 is 1.95 bits per heavy atom. The van der Waals surface area contributed by atoms with Crippen molar-refractivity contribution in [2.45, 2.75) is 26.3 Å². The van der Waals surface area contributed by atoms with Crippen molar-refractivity contribution in [1.82, 2.24) is 4.72 Å². The summed E-state index contributed by atoms with van der Waals surface area (Å²) in [4.78, 5) is -0.0899. The maximum Gasteiger partial charge on any atom is 0.299 e. The normalized spacial score (nSPS) is 12.2. The molecule has 0 radical (unpaired) electrons. The molecule has 0 fully saturated rings. The number of halogens is 1. The molecule has 0 saturated heterocycles. The van der Waals surface area contributed by atoms with Crippen LogP contribution in [0.2, 0.25) is 0 Å². The fourth-order valence-corrected chi connectivity index (χ4v) is 2.88. The number of hydrogen-bond donors (Lipinski definition) is 3. The van der Waals surface area contributed by atoms with Crippen molar-refractivity contribution in [2.24, 2.45) is 5.73 Å². The topological polar surface area (TPSA) is 84.2 Å². The van der Waals surface area contributed by atoms with Gasteiger partial charge in [0.15, 0.2) is 0 Å². The highest BCUT2D eigenvalue weighted by molar-refractivity contribution is 7.90. The van der Waals surface area contributed by atoms with E-state index in [2.05, 4.69) is 9.44 Å². The smallest absolute Gasteiger partial charge is 0.299 e. The lowest BCUT2D eigenvalue weighted by Crippen LogP contribution is -2.43. The molecule has 0 spiro atoms. The second-order valence-corrected chi connectivity index (χ2v) is 6.87. The number of benzene rings is 1. The summed E-state index contributed by atoms with van der Waals surface area (Å²) in [7, 11) is -3.80. The summed E-state index contributed by atoms with van der Waals surface area (Å²) < 4.78 is 41.5. The molecule has 5 nitrogen and oxygen atoms in total. The van der Waals surface area contributed by atoms with Crippen molar-refractivity contribution in [3.05, 3.63) is 29.6 Å². The molecular weight excluding hydrogens is 289 g/mol. The number of anilines is 1. The van der Waals surface area contributed by atoms with E-state index < -0.39 is 21.6 Å². The molecule has 0 amide bonds. The van der Waals surface area contributed by atoms with Gasteiger partial charge in [0.25, 0.3) is 10.2 Å². The Kier molecular flexibility index (Phi) is 4.49. The quantitative estimate of drug-likeness (QED) is 0.736. The molecule has 1 aromatic rings. The van der Waals surface area contributed by atoms with Crippen molar-refractivity contribution in [2.75, 3.05) is 4.72 Å². The number of nitrogens with one attached hydrogen (secondary N) is 2. The van der Waals surface area contributed by atoms with E-state index in [1.54, 1.807) is 20.8 Å². The van der Waals surface area contributed by atoms with E-state index in [0.717, 1.165) is 12.1 Å². The molecule has 4 N–H and O–H groups in total. The van der Waals surface area contributed by atoms with Crippen LogP contribution in [0.3, 0.4) is 0 Å². The minimum Gasteiger partial charge on any atom is -0.389 e. The minimum absolute atomic E-state index is 0.0899. The van der Waals surface area contributed by atoms with Gasteiger partial charge in [0.2, 0.25) is 0 Å². The summed E-state index contributed by atoms with van der Waals surface area (Å²) in [5.41, 5.74) is 5.06. The SMILES string of the molecule is CC(C)(C)NS(=O)(=O)Nc1ccc(F)cc1C(N)=S. The highest BCUT2D eigenvalue weighted by Gasteiger charge is 2.21. The molecule has 1 rings (SSSR count). The third-order valence-corrected chi connectivity index (χ3v) is 3.52. The second-order valence-electron chi connectivity index (χ2n) is 5.01. The number of nitrogens with two attached hydrogens (primary N) is 1. The fourth-order valence-electron chi connectivity index (χ4n) is 1.38. The molecule has 106 valence electrons. The lowest BCUT2D eigenvalue weighted by molar-refractivity contribution is 0.494. The Bertz CT molecular complexity index is 594. The van der Waals surface area contributed by atoms with E-state index in [4.69, 9.17) is 18.0 Å². The van der Waals surface area contributed by atoms with Gasteiger partial charge in [-0.1, -0.05) is 12.2 Å². The zero-order chi connectivity index (χ0) is 14.8. The summed E-state index contributed by atoms with van der Waals surface area (Å²) in [5.74, 6) is -0.547. The molecule has 0 aliphatic carbocycles. The summed E-state index contributed by atoms with van der Waals surface area (Å²) >= 11 is 4.76. The minimum atomic E-state index is -3.80. The van der Waals surface area contributed by atoms with Gasteiger partial charge < -0.3 is 5.73 Å². The lowest BCUT2D eigenvalue weighted by atomic mass is 10.1. The molecule has 0 unspecified atom stereocenters. The second kappa shape index (κ2) is 5.40. The van der Waals surface area contributed by atoms with Crippen LogP contribution >= 0.6 is 12.2 Å². The van der Waals surface area contributed by atoms with Crippen molar-refractivity contribution in [1.29, 1.82) is 0 Å². The van der Waals surface area contributed by atoms with Gasteiger partial charge in [-0.2, -0.15) is 13.1 Å². The average Bonchev–Trinajstić information content (AvgIpc) is 2.16. The van der Waals surface area contributed by atoms with Crippen molar-refractivity contribution in [3.8, 4) is 0 Å². The standard InChI is InChI=1S/C11H16FN3O2S2/c1-11(2,3)15-19(16,17)14-9-5-4-7(12)6-8(9)10(13)18/h4-6,14-15H,1-3H3,(H2,13,18). The summed E-state index contributed by atoms with van der Waals surface area (Å²) in [6.07, 6.45) is 0. The Morgan fingerprint density at radius 3 is 2.42 bits per heavy atom.